The third-order valence-electron chi connectivity index (χ3n) is 7.54. The normalized spacial score (nSPS) is 19.8. The molecular formula is C27H37N5O4S. The Bertz CT molecular complexity index is 1060. The lowest BCUT2D eigenvalue weighted by molar-refractivity contribution is -0.142. The highest BCUT2D eigenvalue weighted by Crippen LogP contribution is 2.32. The molecule has 9 nitrogen and oxygen atoms in total. The number of anilines is 1. The minimum atomic E-state index is -0.636. The number of aliphatic hydroxyl groups excluding tert-OH is 1. The van der Waals surface area contributed by atoms with Crippen LogP contribution in [0.3, 0.4) is 0 Å². The van der Waals surface area contributed by atoms with Gasteiger partial charge in [0.15, 0.2) is 0 Å². The molecule has 4 rings (SSSR count). The van der Waals surface area contributed by atoms with Crippen LogP contribution in [0.15, 0.2) is 30.3 Å². The summed E-state index contributed by atoms with van der Waals surface area (Å²) in [5.41, 5.74) is 1.47. The summed E-state index contributed by atoms with van der Waals surface area (Å²) in [4.78, 5) is 41.9. The number of benzene rings is 1. The molecule has 1 saturated carbocycles. The number of carbonyl (C=O) groups is 3. The van der Waals surface area contributed by atoms with Gasteiger partial charge in [0, 0.05) is 36.2 Å². The number of hydrogen-bond donors (Lipinski definition) is 3. The van der Waals surface area contributed by atoms with Crippen LogP contribution in [0.5, 0.6) is 0 Å². The number of nitrogens with one attached hydrogen (secondary N) is 2. The molecule has 3 N–H and O–H groups in total. The van der Waals surface area contributed by atoms with Gasteiger partial charge in [0.2, 0.25) is 17.7 Å². The highest BCUT2D eigenvalue weighted by Gasteiger charge is 2.41. The fraction of sp³-hybridized carbons (Fsp3) is 0.593. The van der Waals surface area contributed by atoms with Crippen molar-refractivity contribution < 1.29 is 19.5 Å². The van der Waals surface area contributed by atoms with E-state index < -0.39 is 12.1 Å². The minimum absolute atomic E-state index is 0.0362. The molecule has 1 saturated heterocycles. The summed E-state index contributed by atoms with van der Waals surface area (Å²) in [6.07, 6.45) is 7.40. The standard InChI is InChI=1S/C27H37N5O4S/c1-18(10-9-17-33)24(34)28-23(20-13-6-3-7-14-20)27(36)32-16-8-15-21(32)25(35)29-26-22(30-31-37-26)19-11-4-2-5-12-19/h2,4-5,11-12,18,20-21,23,33H,3,6-10,13-17H2,1H3,(H,28,34)(H,29,35)/t18-,21+,23+/m1/s1. The second kappa shape index (κ2) is 13.1. The van der Waals surface area contributed by atoms with Crippen molar-refractivity contribution in [1.29, 1.82) is 0 Å². The van der Waals surface area contributed by atoms with Gasteiger partial charge in [0.05, 0.1) is 0 Å². The third kappa shape index (κ3) is 6.73. The molecule has 0 bridgehead atoms. The zero-order valence-corrected chi connectivity index (χ0v) is 22.2. The van der Waals surface area contributed by atoms with Gasteiger partial charge in [0.25, 0.3) is 0 Å². The molecule has 1 aromatic heterocycles. The van der Waals surface area contributed by atoms with Crippen molar-refractivity contribution >= 4 is 34.3 Å². The van der Waals surface area contributed by atoms with Crippen LogP contribution in [-0.4, -0.2) is 62.6 Å². The summed E-state index contributed by atoms with van der Waals surface area (Å²) < 4.78 is 4.03. The van der Waals surface area contributed by atoms with Crippen molar-refractivity contribution in [3.8, 4) is 11.3 Å². The van der Waals surface area contributed by atoms with Crippen LogP contribution in [0, 0.1) is 11.8 Å². The molecule has 0 spiro atoms. The topological polar surface area (TPSA) is 125 Å². The van der Waals surface area contributed by atoms with E-state index in [0.717, 1.165) is 55.6 Å². The molecular weight excluding hydrogens is 490 g/mol. The summed E-state index contributed by atoms with van der Waals surface area (Å²) in [5.74, 6) is -0.813. The molecule has 1 aromatic carbocycles. The van der Waals surface area contributed by atoms with Crippen LogP contribution in [0.1, 0.15) is 64.7 Å². The van der Waals surface area contributed by atoms with Crippen molar-refractivity contribution in [2.75, 3.05) is 18.5 Å². The zero-order chi connectivity index (χ0) is 26.2. The lowest BCUT2D eigenvalue weighted by atomic mass is 9.83. The smallest absolute Gasteiger partial charge is 0.247 e. The fourth-order valence-corrected chi connectivity index (χ4v) is 6.00. The largest absolute Gasteiger partial charge is 0.396 e. The summed E-state index contributed by atoms with van der Waals surface area (Å²) >= 11 is 1.12. The Hall–Kier alpha value is -2.85. The Labute approximate surface area is 222 Å². The van der Waals surface area contributed by atoms with Crippen molar-refractivity contribution in [3.63, 3.8) is 0 Å². The van der Waals surface area contributed by atoms with Crippen LogP contribution in [0.4, 0.5) is 5.00 Å². The molecule has 2 aromatic rings. The van der Waals surface area contributed by atoms with E-state index in [-0.39, 0.29) is 36.2 Å². The highest BCUT2D eigenvalue weighted by molar-refractivity contribution is 7.10. The average Bonchev–Trinajstić information content (AvgIpc) is 3.61. The first kappa shape index (κ1) is 27.2. The maximum absolute atomic E-state index is 13.9. The third-order valence-corrected chi connectivity index (χ3v) is 8.18. The van der Waals surface area contributed by atoms with E-state index in [1.54, 1.807) is 4.90 Å². The van der Waals surface area contributed by atoms with E-state index in [0.29, 0.717) is 36.5 Å². The minimum Gasteiger partial charge on any atom is -0.396 e. The van der Waals surface area contributed by atoms with Gasteiger partial charge in [-0.1, -0.05) is 61.0 Å². The lowest BCUT2D eigenvalue weighted by Crippen LogP contribution is -2.56. The van der Waals surface area contributed by atoms with Crippen molar-refractivity contribution in [2.24, 2.45) is 11.8 Å². The number of amides is 3. The molecule has 10 heteroatoms. The predicted octanol–water partition coefficient (Wildman–Crippen LogP) is 3.61. The second-order valence-electron chi connectivity index (χ2n) is 10.1. The maximum Gasteiger partial charge on any atom is 0.247 e. The van der Waals surface area contributed by atoms with Crippen LogP contribution in [0.2, 0.25) is 0 Å². The molecule has 1 aliphatic heterocycles. The first-order valence-electron chi connectivity index (χ1n) is 13.4. The summed E-state index contributed by atoms with van der Waals surface area (Å²) in [7, 11) is 0. The summed E-state index contributed by atoms with van der Waals surface area (Å²) in [6, 6.07) is 8.31. The number of hydrogen-bond acceptors (Lipinski definition) is 7. The van der Waals surface area contributed by atoms with Crippen LogP contribution < -0.4 is 10.6 Å². The lowest BCUT2D eigenvalue weighted by Gasteiger charge is -2.35. The highest BCUT2D eigenvalue weighted by atomic mass is 32.1. The van der Waals surface area contributed by atoms with Gasteiger partial charge in [-0.05, 0) is 44.4 Å². The Morgan fingerprint density at radius 2 is 1.86 bits per heavy atom. The molecule has 200 valence electrons. The van der Waals surface area contributed by atoms with Crippen molar-refractivity contribution in [3.05, 3.63) is 30.3 Å². The number of likely N-dealkylation sites (tertiary alicyclic amines) is 1. The summed E-state index contributed by atoms with van der Waals surface area (Å²) in [5, 5.41) is 19.9. The van der Waals surface area contributed by atoms with Gasteiger partial charge in [0.1, 0.15) is 22.8 Å². The number of rotatable bonds is 10. The van der Waals surface area contributed by atoms with E-state index in [9.17, 15) is 14.4 Å². The number of nitrogens with zero attached hydrogens (tertiary/aromatic N) is 3. The van der Waals surface area contributed by atoms with Crippen LogP contribution >= 0.6 is 11.5 Å². The molecule has 37 heavy (non-hydrogen) atoms. The summed E-state index contributed by atoms with van der Waals surface area (Å²) in [6.45, 7) is 2.35. The quantitative estimate of drug-likeness (QED) is 0.434. The number of carbonyl (C=O) groups excluding carboxylic acids is 3. The number of aromatic nitrogens is 2. The van der Waals surface area contributed by atoms with E-state index in [1.165, 1.54) is 0 Å². The SMILES string of the molecule is C[C@H](CCCO)C(=O)N[C@H](C(=O)N1CCC[C@H]1C(=O)Nc1snnc1-c1ccccc1)C1CCCCC1. The molecule has 2 heterocycles. The van der Waals surface area contributed by atoms with Gasteiger partial charge < -0.3 is 20.6 Å². The Kier molecular flexibility index (Phi) is 9.62. The molecule has 3 amide bonds. The van der Waals surface area contributed by atoms with E-state index in [4.69, 9.17) is 5.11 Å². The number of aliphatic hydroxyl groups is 1. The van der Waals surface area contributed by atoms with E-state index in [1.807, 2.05) is 37.3 Å². The van der Waals surface area contributed by atoms with Crippen LogP contribution in [0.25, 0.3) is 11.3 Å². The average molecular weight is 528 g/mol. The Morgan fingerprint density at radius 3 is 2.59 bits per heavy atom. The van der Waals surface area contributed by atoms with E-state index >= 15 is 0 Å². The first-order valence-corrected chi connectivity index (χ1v) is 14.2. The molecule has 0 radical (unpaired) electrons. The van der Waals surface area contributed by atoms with Crippen molar-refractivity contribution in [1.82, 2.24) is 19.8 Å². The molecule has 3 atom stereocenters. The Morgan fingerprint density at radius 1 is 1.11 bits per heavy atom. The Balaban J connectivity index is 1.48. The molecule has 2 fully saturated rings. The van der Waals surface area contributed by atoms with Gasteiger partial charge in [-0.2, -0.15) is 0 Å². The predicted molar refractivity (Wildman–Crippen MR) is 143 cm³/mol. The monoisotopic (exact) mass is 527 g/mol. The molecule has 0 unspecified atom stereocenters. The van der Waals surface area contributed by atoms with Crippen LogP contribution in [-0.2, 0) is 14.4 Å². The van der Waals surface area contributed by atoms with Crippen molar-refractivity contribution in [2.45, 2.75) is 76.8 Å². The maximum atomic E-state index is 13.9. The molecule has 1 aliphatic carbocycles. The zero-order valence-electron chi connectivity index (χ0n) is 21.4. The van der Waals surface area contributed by atoms with E-state index in [2.05, 4.69) is 20.2 Å². The molecule has 2 aliphatic rings. The van der Waals surface area contributed by atoms with Gasteiger partial charge in [-0.15, -0.1) is 5.10 Å². The first-order chi connectivity index (χ1) is 18.0. The van der Waals surface area contributed by atoms with Gasteiger partial charge in [-0.25, -0.2) is 0 Å². The van der Waals surface area contributed by atoms with Gasteiger partial charge in [-0.3, -0.25) is 14.4 Å². The fourth-order valence-electron chi connectivity index (χ4n) is 5.41. The van der Waals surface area contributed by atoms with Gasteiger partial charge >= 0.3 is 0 Å². The second-order valence-corrected chi connectivity index (χ2v) is 10.9.